The van der Waals surface area contributed by atoms with Crippen molar-refractivity contribution in [2.75, 3.05) is 31.1 Å². The molecule has 0 unspecified atom stereocenters. The second-order valence-electron chi connectivity index (χ2n) is 7.75. The molecule has 0 radical (unpaired) electrons. The SMILES string of the molecule is Cc1nc(-c2ccc(N3CCN(C(=O)c4ccc(Cn5ccnc5)cc4)CC3)nc2)no1. The van der Waals surface area contributed by atoms with Crippen LogP contribution in [0.15, 0.2) is 65.8 Å². The molecular weight excluding hydrogens is 406 g/mol. The van der Waals surface area contributed by atoms with E-state index in [1.54, 1.807) is 25.6 Å². The van der Waals surface area contributed by atoms with Crippen LogP contribution in [0.1, 0.15) is 21.8 Å². The Balaban J connectivity index is 1.17. The van der Waals surface area contributed by atoms with Gasteiger partial charge in [0.25, 0.3) is 5.91 Å². The number of rotatable bonds is 5. The van der Waals surface area contributed by atoms with E-state index in [1.165, 1.54) is 0 Å². The third-order valence-electron chi connectivity index (χ3n) is 5.55. The zero-order chi connectivity index (χ0) is 21.9. The van der Waals surface area contributed by atoms with Crippen LogP contribution >= 0.6 is 0 Å². The van der Waals surface area contributed by atoms with Crippen LogP contribution in [-0.4, -0.2) is 61.7 Å². The first-order valence-electron chi connectivity index (χ1n) is 10.5. The summed E-state index contributed by atoms with van der Waals surface area (Å²) in [5.74, 6) is 2.00. The van der Waals surface area contributed by atoms with E-state index in [9.17, 15) is 4.79 Å². The normalized spacial score (nSPS) is 14.0. The average Bonchev–Trinajstić information content (AvgIpc) is 3.51. The molecule has 32 heavy (non-hydrogen) atoms. The number of aromatic nitrogens is 5. The van der Waals surface area contributed by atoms with E-state index in [1.807, 2.05) is 52.1 Å². The maximum absolute atomic E-state index is 12.9. The van der Waals surface area contributed by atoms with E-state index in [4.69, 9.17) is 4.52 Å². The van der Waals surface area contributed by atoms with Gasteiger partial charge < -0.3 is 18.9 Å². The maximum Gasteiger partial charge on any atom is 0.253 e. The van der Waals surface area contributed by atoms with Gasteiger partial charge in [-0.25, -0.2) is 9.97 Å². The van der Waals surface area contributed by atoms with Crippen molar-refractivity contribution in [1.82, 2.24) is 29.6 Å². The molecule has 0 aliphatic carbocycles. The quantitative estimate of drug-likeness (QED) is 0.481. The van der Waals surface area contributed by atoms with E-state index in [-0.39, 0.29) is 5.91 Å². The molecule has 5 rings (SSSR count). The Morgan fingerprint density at radius 1 is 1.06 bits per heavy atom. The Kier molecular flexibility index (Phi) is 5.37. The van der Waals surface area contributed by atoms with Crippen LogP contribution in [-0.2, 0) is 6.54 Å². The van der Waals surface area contributed by atoms with Crippen LogP contribution in [0.2, 0.25) is 0 Å². The lowest BCUT2D eigenvalue weighted by Gasteiger charge is -2.35. The van der Waals surface area contributed by atoms with Gasteiger partial charge in [-0.1, -0.05) is 17.3 Å². The summed E-state index contributed by atoms with van der Waals surface area (Å²) in [6.07, 6.45) is 7.22. The zero-order valence-corrected chi connectivity index (χ0v) is 17.8. The molecule has 1 fully saturated rings. The van der Waals surface area contributed by atoms with Gasteiger partial charge >= 0.3 is 0 Å². The first kappa shape index (κ1) is 19.9. The monoisotopic (exact) mass is 429 g/mol. The Morgan fingerprint density at radius 2 is 1.88 bits per heavy atom. The Morgan fingerprint density at radius 3 is 2.50 bits per heavy atom. The second-order valence-corrected chi connectivity index (χ2v) is 7.75. The molecule has 9 nitrogen and oxygen atoms in total. The third-order valence-corrected chi connectivity index (χ3v) is 5.55. The first-order chi connectivity index (χ1) is 15.7. The smallest absolute Gasteiger partial charge is 0.253 e. The van der Waals surface area contributed by atoms with Gasteiger partial charge in [0.2, 0.25) is 11.7 Å². The Bertz CT molecular complexity index is 1180. The summed E-state index contributed by atoms with van der Waals surface area (Å²) in [6, 6.07) is 11.7. The molecule has 1 aromatic carbocycles. The lowest BCUT2D eigenvalue weighted by Crippen LogP contribution is -2.49. The maximum atomic E-state index is 12.9. The van der Waals surface area contributed by atoms with E-state index < -0.39 is 0 Å². The summed E-state index contributed by atoms with van der Waals surface area (Å²) < 4.78 is 7.03. The van der Waals surface area contributed by atoms with Crippen LogP contribution in [0, 0.1) is 6.92 Å². The number of hydrogen-bond acceptors (Lipinski definition) is 7. The van der Waals surface area contributed by atoms with Crippen molar-refractivity contribution in [1.29, 1.82) is 0 Å². The predicted octanol–water partition coefficient (Wildman–Crippen LogP) is 2.65. The number of nitrogens with zero attached hydrogens (tertiary/aromatic N) is 7. The minimum Gasteiger partial charge on any atom is -0.353 e. The minimum atomic E-state index is 0.0645. The van der Waals surface area contributed by atoms with Gasteiger partial charge in [0.1, 0.15) is 5.82 Å². The number of amides is 1. The van der Waals surface area contributed by atoms with Gasteiger partial charge in [-0.05, 0) is 29.8 Å². The molecule has 9 heteroatoms. The summed E-state index contributed by atoms with van der Waals surface area (Å²) in [7, 11) is 0. The van der Waals surface area contributed by atoms with E-state index >= 15 is 0 Å². The summed E-state index contributed by atoms with van der Waals surface area (Å²) in [6.45, 7) is 5.28. The molecule has 0 N–H and O–H groups in total. The second kappa shape index (κ2) is 8.62. The third kappa shape index (κ3) is 4.22. The van der Waals surface area contributed by atoms with Gasteiger partial charge in [0.05, 0.1) is 6.33 Å². The van der Waals surface area contributed by atoms with Crippen molar-refractivity contribution in [2.24, 2.45) is 0 Å². The van der Waals surface area contributed by atoms with E-state index in [2.05, 4.69) is 25.0 Å². The van der Waals surface area contributed by atoms with Gasteiger partial charge in [0.15, 0.2) is 0 Å². The molecule has 0 atom stereocenters. The first-order valence-corrected chi connectivity index (χ1v) is 10.5. The van der Waals surface area contributed by atoms with Crippen LogP contribution < -0.4 is 4.90 Å². The van der Waals surface area contributed by atoms with Crippen molar-refractivity contribution >= 4 is 11.7 Å². The fourth-order valence-electron chi connectivity index (χ4n) is 3.79. The van der Waals surface area contributed by atoms with Crippen LogP contribution in [0.5, 0.6) is 0 Å². The topological polar surface area (TPSA) is 93.2 Å². The Hall–Kier alpha value is -4.01. The number of benzene rings is 1. The number of pyridine rings is 1. The molecule has 1 aliphatic rings. The fraction of sp³-hybridized carbons (Fsp3) is 0.261. The molecule has 162 valence electrons. The van der Waals surface area contributed by atoms with Crippen molar-refractivity contribution in [2.45, 2.75) is 13.5 Å². The number of carbonyl (C=O) groups excluding carboxylic acids is 1. The summed E-state index contributed by atoms with van der Waals surface area (Å²) in [5, 5.41) is 3.92. The average molecular weight is 429 g/mol. The number of carbonyl (C=O) groups is 1. The van der Waals surface area contributed by atoms with Crippen molar-refractivity contribution in [3.05, 3.63) is 78.3 Å². The molecular formula is C23H23N7O2. The zero-order valence-electron chi connectivity index (χ0n) is 17.8. The number of aryl methyl sites for hydroxylation is 1. The molecule has 0 spiro atoms. The Labute approximate surface area is 185 Å². The van der Waals surface area contributed by atoms with Gasteiger partial charge in [-0.15, -0.1) is 0 Å². The van der Waals surface area contributed by atoms with Gasteiger partial charge in [-0.2, -0.15) is 4.98 Å². The highest BCUT2D eigenvalue weighted by atomic mass is 16.5. The van der Waals surface area contributed by atoms with Gasteiger partial charge in [-0.3, -0.25) is 4.79 Å². The highest BCUT2D eigenvalue weighted by Crippen LogP contribution is 2.20. The van der Waals surface area contributed by atoms with Crippen LogP contribution in [0.25, 0.3) is 11.4 Å². The standard InChI is InChI=1S/C23H23N7O2/c1-17-26-22(27-32-17)20-6-7-21(25-14-20)29-10-12-30(13-11-29)23(31)19-4-2-18(3-5-19)15-28-9-8-24-16-28/h2-9,14,16H,10-13,15H2,1H3. The molecule has 1 aliphatic heterocycles. The summed E-state index contributed by atoms with van der Waals surface area (Å²) >= 11 is 0. The van der Waals surface area contributed by atoms with Crippen LogP contribution in [0.4, 0.5) is 5.82 Å². The number of hydrogen-bond donors (Lipinski definition) is 0. The predicted molar refractivity (Wildman–Crippen MR) is 118 cm³/mol. The van der Waals surface area contributed by atoms with Gasteiger partial charge in [0, 0.05) is 69.4 Å². The highest BCUT2D eigenvalue weighted by Gasteiger charge is 2.23. The molecule has 1 amide bonds. The largest absolute Gasteiger partial charge is 0.353 e. The lowest BCUT2D eigenvalue weighted by molar-refractivity contribution is 0.0746. The van der Waals surface area contributed by atoms with Crippen LogP contribution in [0.3, 0.4) is 0 Å². The number of anilines is 1. The van der Waals surface area contributed by atoms with Crippen molar-refractivity contribution in [3.63, 3.8) is 0 Å². The summed E-state index contributed by atoms with van der Waals surface area (Å²) in [5.41, 5.74) is 2.66. The fourth-order valence-corrected chi connectivity index (χ4v) is 3.79. The van der Waals surface area contributed by atoms with E-state index in [0.29, 0.717) is 30.4 Å². The molecule has 0 saturated carbocycles. The summed E-state index contributed by atoms with van der Waals surface area (Å²) in [4.78, 5) is 29.8. The molecule has 1 saturated heterocycles. The van der Waals surface area contributed by atoms with E-state index in [0.717, 1.165) is 36.6 Å². The minimum absolute atomic E-state index is 0.0645. The van der Waals surface area contributed by atoms with Crippen molar-refractivity contribution < 1.29 is 9.32 Å². The molecule has 4 heterocycles. The van der Waals surface area contributed by atoms with Crippen molar-refractivity contribution in [3.8, 4) is 11.4 Å². The highest BCUT2D eigenvalue weighted by molar-refractivity contribution is 5.94. The lowest BCUT2D eigenvalue weighted by atomic mass is 10.1. The number of piperazine rings is 1. The molecule has 3 aromatic heterocycles. The number of imidazole rings is 1. The molecule has 0 bridgehead atoms. The molecule has 4 aromatic rings.